The number of fused-ring (bicyclic) bond motifs is 1. The van der Waals surface area contributed by atoms with Gasteiger partial charge in [-0.1, -0.05) is 23.8 Å². The highest BCUT2D eigenvalue weighted by molar-refractivity contribution is 7.20. The predicted octanol–water partition coefficient (Wildman–Crippen LogP) is 4.57. The molecule has 0 radical (unpaired) electrons. The van der Waals surface area contributed by atoms with Gasteiger partial charge in [0.2, 0.25) is 5.91 Å². The topological polar surface area (TPSA) is 112 Å². The third-order valence-electron chi connectivity index (χ3n) is 6.67. The normalized spacial score (nSPS) is 11.7. The van der Waals surface area contributed by atoms with Crippen LogP contribution >= 0.6 is 11.3 Å². The number of nitrogens with zero attached hydrogens (tertiary/aromatic N) is 2. The standard InChI is InChI=1S/C29H32N4O5S/c1-16-7-9-21(17(2)13-16)32-27(35)25-18(3)24-28(39-25)31-15-33(29(24)36)19(4)26(34)30-12-11-20-8-10-22(37-5)23(14-20)38-6/h7-10,13-15,19H,11-12H2,1-6H3,(H,30,34)(H,32,35). The van der Waals surface area contributed by atoms with Gasteiger partial charge in [0.1, 0.15) is 10.9 Å². The van der Waals surface area contributed by atoms with Crippen LogP contribution < -0.4 is 25.7 Å². The highest BCUT2D eigenvalue weighted by atomic mass is 32.1. The van der Waals surface area contributed by atoms with E-state index in [2.05, 4.69) is 15.6 Å². The molecule has 204 valence electrons. The predicted molar refractivity (Wildman–Crippen MR) is 153 cm³/mol. The number of carbonyl (C=O) groups excluding carboxylic acids is 2. The Kier molecular flexibility index (Phi) is 8.35. The molecule has 0 aliphatic heterocycles. The summed E-state index contributed by atoms with van der Waals surface area (Å²) >= 11 is 1.16. The van der Waals surface area contributed by atoms with Crippen LogP contribution in [-0.2, 0) is 11.2 Å². The maximum absolute atomic E-state index is 13.4. The number of hydrogen-bond acceptors (Lipinski definition) is 7. The largest absolute Gasteiger partial charge is 0.493 e. The van der Waals surface area contributed by atoms with Gasteiger partial charge in [-0.3, -0.25) is 19.0 Å². The quantitative estimate of drug-likeness (QED) is 0.317. The van der Waals surface area contributed by atoms with Crippen molar-refractivity contribution in [3.8, 4) is 11.5 Å². The van der Waals surface area contributed by atoms with Crippen LogP contribution in [0.15, 0.2) is 47.5 Å². The van der Waals surface area contributed by atoms with Crippen molar-refractivity contribution in [3.05, 3.63) is 80.2 Å². The number of hydrogen-bond donors (Lipinski definition) is 2. The molecule has 0 spiro atoms. The van der Waals surface area contributed by atoms with Crippen LogP contribution in [0.5, 0.6) is 11.5 Å². The summed E-state index contributed by atoms with van der Waals surface area (Å²) in [6, 6.07) is 10.6. The fraction of sp³-hybridized carbons (Fsp3) is 0.310. The molecule has 2 heterocycles. The van der Waals surface area contributed by atoms with Crippen molar-refractivity contribution in [1.29, 1.82) is 0 Å². The summed E-state index contributed by atoms with van der Waals surface area (Å²) in [5.74, 6) is 0.651. The molecule has 0 aliphatic rings. The fourth-order valence-electron chi connectivity index (χ4n) is 4.40. The Hall–Kier alpha value is -4.18. The van der Waals surface area contributed by atoms with Crippen molar-refractivity contribution in [1.82, 2.24) is 14.9 Å². The Balaban J connectivity index is 1.48. The molecule has 2 N–H and O–H groups in total. The number of benzene rings is 2. The monoisotopic (exact) mass is 548 g/mol. The lowest BCUT2D eigenvalue weighted by molar-refractivity contribution is -0.123. The van der Waals surface area contributed by atoms with Crippen LogP contribution in [0.3, 0.4) is 0 Å². The summed E-state index contributed by atoms with van der Waals surface area (Å²) in [5.41, 5.74) is 3.93. The van der Waals surface area contributed by atoms with Crippen LogP contribution in [0.4, 0.5) is 5.69 Å². The van der Waals surface area contributed by atoms with Crippen molar-refractivity contribution in [2.24, 2.45) is 0 Å². The minimum atomic E-state index is -0.786. The van der Waals surface area contributed by atoms with Crippen LogP contribution in [0, 0.1) is 20.8 Å². The molecule has 2 aromatic carbocycles. The van der Waals surface area contributed by atoms with Gasteiger partial charge in [0, 0.05) is 12.2 Å². The smallest absolute Gasteiger partial charge is 0.266 e. The highest BCUT2D eigenvalue weighted by Gasteiger charge is 2.23. The molecule has 1 unspecified atom stereocenters. The minimum Gasteiger partial charge on any atom is -0.493 e. The van der Waals surface area contributed by atoms with Crippen molar-refractivity contribution < 1.29 is 19.1 Å². The highest BCUT2D eigenvalue weighted by Crippen LogP contribution is 2.29. The number of thiophene rings is 1. The second-order valence-electron chi connectivity index (χ2n) is 9.37. The molecular formula is C29H32N4O5S. The molecule has 10 heteroatoms. The zero-order chi connectivity index (χ0) is 28.3. The van der Waals surface area contributed by atoms with Crippen molar-refractivity contribution in [3.63, 3.8) is 0 Å². The summed E-state index contributed by atoms with van der Waals surface area (Å²) in [7, 11) is 3.15. The molecule has 4 rings (SSSR count). The van der Waals surface area contributed by atoms with Crippen molar-refractivity contribution in [2.75, 3.05) is 26.1 Å². The molecule has 0 aliphatic carbocycles. The number of aromatic nitrogens is 2. The molecular weight excluding hydrogens is 516 g/mol. The molecule has 9 nitrogen and oxygen atoms in total. The van der Waals surface area contributed by atoms with Gasteiger partial charge in [0.15, 0.2) is 11.5 Å². The fourth-order valence-corrected chi connectivity index (χ4v) is 5.44. The Morgan fingerprint density at radius 2 is 1.79 bits per heavy atom. The molecule has 0 bridgehead atoms. The third-order valence-corrected chi connectivity index (χ3v) is 7.87. The molecule has 0 saturated carbocycles. The lowest BCUT2D eigenvalue weighted by atomic mass is 10.1. The van der Waals surface area contributed by atoms with E-state index in [9.17, 15) is 14.4 Å². The van der Waals surface area contributed by atoms with E-state index in [1.807, 2.05) is 50.2 Å². The third kappa shape index (κ3) is 5.80. The van der Waals surface area contributed by atoms with Gasteiger partial charge in [0.05, 0.1) is 30.8 Å². The Labute approximate surface area is 230 Å². The van der Waals surface area contributed by atoms with E-state index in [0.717, 1.165) is 28.0 Å². The Bertz CT molecular complexity index is 1610. The number of rotatable bonds is 9. The maximum Gasteiger partial charge on any atom is 0.266 e. The first-order valence-corrected chi connectivity index (χ1v) is 13.3. The van der Waals surface area contributed by atoms with E-state index < -0.39 is 6.04 Å². The van der Waals surface area contributed by atoms with Crippen molar-refractivity contribution >= 4 is 39.1 Å². The zero-order valence-corrected chi connectivity index (χ0v) is 23.7. The summed E-state index contributed by atoms with van der Waals surface area (Å²) in [6.45, 7) is 7.68. The van der Waals surface area contributed by atoms with E-state index >= 15 is 0 Å². The van der Waals surface area contributed by atoms with Gasteiger partial charge >= 0.3 is 0 Å². The first kappa shape index (κ1) is 27.8. The molecule has 0 saturated heterocycles. The Morgan fingerprint density at radius 3 is 2.49 bits per heavy atom. The molecule has 1 atom stereocenters. The van der Waals surface area contributed by atoms with Gasteiger partial charge in [0.25, 0.3) is 11.5 Å². The maximum atomic E-state index is 13.4. The van der Waals surface area contributed by atoms with Gasteiger partial charge < -0.3 is 20.1 Å². The number of ether oxygens (including phenoxy) is 2. The van der Waals surface area contributed by atoms with Gasteiger partial charge in [-0.15, -0.1) is 11.3 Å². The molecule has 4 aromatic rings. The SMILES string of the molecule is COc1ccc(CCNC(=O)C(C)n2cnc3sc(C(=O)Nc4ccc(C)cc4C)c(C)c3c2=O)cc1OC. The Morgan fingerprint density at radius 1 is 1.05 bits per heavy atom. The summed E-state index contributed by atoms with van der Waals surface area (Å²) in [5, 5.41) is 6.17. The molecule has 2 aromatic heterocycles. The van der Waals surface area contributed by atoms with Crippen LogP contribution in [0.25, 0.3) is 10.2 Å². The minimum absolute atomic E-state index is 0.297. The summed E-state index contributed by atoms with van der Waals surface area (Å²) < 4.78 is 11.9. The second-order valence-corrected chi connectivity index (χ2v) is 10.4. The first-order valence-electron chi connectivity index (χ1n) is 12.5. The molecule has 0 fully saturated rings. The van der Waals surface area contributed by atoms with E-state index in [1.54, 1.807) is 28.1 Å². The molecule has 2 amide bonds. The summed E-state index contributed by atoms with van der Waals surface area (Å²) in [4.78, 5) is 44.7. The van der Waals surface area contributed by atoms with Crippen LogP contribution in [0.1, 0.15) is 44.9 Å². The zero-order valence-electron chi connectivity index (χ0n) is 22.9. The number of nitrogens with one attached hydrogen (secondary N) is 2. The van der Waals surface area contributed by atoms with E-state index in [0.29, 0.717) is 50.8 Å². The first-order chi connectivity index (χ1) is 18.6. The van der Waals surface area contributed by atoms with Gasteiger partial charge in [-0.25, -0.2) is 4.98 Å². The van der Waals surface area contributed by atoms with Crippen molar-refractivity contribution in [2.45, 2.75) is 40.2 Å². The van der Waals surface area contributed by atoms with Gasteiger partial charge in [-0.05, 0) is 69.0 Å². The van der Waals surface area contributed by atoms with Crippen LogP contribution in [-0.4, -0.2) is 42.1 Å². The second kappa shape index (κ2) is 11.7. The number of methoxy groups -OCH3 is 2. The van der Waals surface area contributed by atoms with Gasteiger partial charge in [-0.2, -0.15) is 0 Å². The van der Waals surface area contributed by atoms with Crippen LogP contribution in [0.2, 0.25) is 0 Å². The number of aryl methyl sites for hydroxylation is 3. The lowest BCUT2D eigenvalue weighted by Gasteiger charge is -2.15. The lowest BCUT2D eigenvalue weighted by Crippen LogP contribution is -2.36. The van der Waals surface area contributed by atoms with E-state index in [-0.39, 0.29) is 17.4 Å². The number of amides is 2. The number of anilines is 1. The van der Waals surface area contributed by atoms with E-state index in [1.165, 1.54) is 10.9 Å². The van der Waals surface area contributed by atoms with E-state index in [4.69, 9.17) is 9.47 Å². The average Bonchev–Trinajstić information content (AvgIpc) is 3.27. The average molecular weight is 549 g/mol. The molecule has 39 heavy (non-hydrogen) atoms. The number of carbonyl (C=O) groups is 2. The summed E-state index contributed by atoms with van der Waals surface area (Å²) in [6.07, 6.45) is 1.94.